The van der Waals surface area contributed by atoms with E-state index in [-0.39, 0.29) is 5.91 Å². The summed E-state index contributed by atoms with van der Waals surface area (Å²) in [6.07, 6.45) is 3.08. The molecule has 0 radical (unpaired) electrons. The summed E-state index contributed by atoms with van der Waals surface area (Å²) in [5, 5.41) is 6.66. The second kappa shape index (κ2) is 6.42. The van der Waals surface area contributed by atoms with Crippen molar-refractivity contribution in [2.24, 2.45) is 5.92 Å². The molecule has 2 aliphatic rings. The molecule has 0 saturated carbocycles. The van der Waals surface area contributed by atoms with E-state index in [0.29, 0.717) is 12.5 Å². The second-order valence-corrected chi connectivity index (χ2v) is 7.30. The maximum absolute atomic E-state index is 11.7. The lowest BCUT2D eigenvalue weighted by Gasteiger charge is -2.24. The SMILES string of the molecule is CN(C)C(=O)Cc1nc(CN2CC3CCCNC3C2)cs1. The van der Waals surface area contributed by atoms with Gasteiger partial charge in [-0.3, -0.25) is 9.69 Å². The molecule has 3 rings (SSSR count). The van der Waals surface area contributed by atoms with Crippen molar-refractivity contribution in [1.82, 2.24) is 20.1 Å². The first kappa shape index (κ1) is 14.9. The van der Waals surface area contributed by atoms with Gasteiger partial charge in [0.05, 0.1) is 12.1 Å². The minimum absolute atomic E-state index is 0.118. The highest BCUT2D eigenvalue weighted by molar-refractivity contribution is 7.09. The van der Waals surface area contributed by atoms with Crippen molar-refractivity contribution < 1.29 is 4.79 Å². The number of likely N-dealkylation sites (N-methyl/N-ethyl adjacent to an activating group) is 1. The Bertz CT molecular complexity index is 488. The van der Waals surface area contributed by atoms with Crippen LogP contribution in [0.1, 0.15) is 23.5 Å². The molecule has 1 amide bonds. The van der Waals surface area contributed by atoms with E-state index >= 15 is 0 Å². The number of nitrogens with zero attached hydrogens (tertiary/aromatic N) is 3. The van der Waals surface area contributed by atoms with Gasteiger partial charge >= 0.3 is 0 Å². The number of hydrogen-bond acceptors (Lipinski definition) is 5. The molecule has 0 aliphatic carbocycles. The van der Waals surface area contributed by atoms with E-state index in [4.69, 9.17) is 0 Å². The van der Waals surface area contributed by atoms with Crippen LogP contribution >= 0.6 is 11.3 Å². The van der Waals surface area contributed by atoms with E-state index in [0.717, 1.165) is 29.7 Å². The topological polar surface area (TPSA) is 48.5 Å². The molecule has 2 saturated heterocycles. The molecule has 0 bridgehead atoms. The summed E-state index contributed by atoms with van der Waals surface area (Å²) >= 11 is 1.60. The summed E-state index contributed by atoms with van der Waals surface area (Å²) in [6, 6.07) is 0.673. The highest BCUT2D eigenvalue weighted by Crippen LogP contribution is 2.26. The number of thiazole rings is 1. The number of amides is 1. The summed E-state index contributed by atoms with van der Waals surface area (Å²) in [5.41, 5.74) is 1.11. The first-order valence-corrected chi connectivity index (χ1v) is 8.59. The number of piperidine rings is 1. The lowest BCUT2D eigenvalue weighted by atomic mass is 9.94. The van der Waals surface area contributed by atoms with Gasteiger partial charge in [0.1, 0.15) is 5.01 Å². The Labute approximate surface area is 130 Å². The van der Waals surface area contributed by atoms with Crippen molar-refractivity contribution >= 4 is 17.2 Å². The average Bonchev–Trinajstić information content (AvgIpc) is 3.05. The van der Waals surface area contributed by atoms with Crippen molar-refractivity contribution in [3.63, 3.8) is 0 Å². The number of aromatic nitrogens is 1. The van der Waals surface area contributed by atoms with Gasteiger partial charge in [-0.05, 0) is 25.3 Å². The fourth-order valence-corrected chi connectivity index (χ4v) is 4.06. The van der Waals surface area contributed by atoms with Gasteiger partial charge in [0, 0.05) is 45.2 Å². The molecular weight excluding hydrogens is 284 g/mol. The summed E-state index contributed by atoms with van der Waals surface area (Å²) in [7, 11) is 3.58. The molecule has 2 atom stereocenters. The Morgan fingerprint density at radius 2 is 2.38 bits per heavy atom. The largest absolute Gasteiger partial charge is 0.348 e. The van der Waals surface area contributed by atoms with Gasteiger partial charge < -0.3 is 10.2 Å². The average molecular weight is 308 g/mol. The maximum Gasteiger partial charge on any atom is 0.228 e. The Balaban J connectivity index is 1.54. The molecule has 5 nitrogen and oxygen atoms in total. The van der Waals surface area contributed by atoms with Crippen LogP contribution in [0.15, 0.2) is 5.38 Å². The number of likely N-dealkylation sites (tertiary alicyclic amines) is 1. The van der Waals surface area contributed by atoms with Gasteiger partial charge in [0.15, 0.2) is 0 Å². The molecule has 1 aromatic heterocycles. The molecule has 116 valence electrons. The summed E-state index contributed by atoms with van der Waals surface area (Å²) in [4.78, 5) is 20.5. The minimum Gasteiger partial charge on any atom is -0.348 e. The van der Waals surface area contributed by atoms with Crippen LogP contribution in [-0.4, -0.2) is 60.5 Å². The molecule has 2 fully saturated rings. The van der Waals surface area contributed by atoms with E-state index < -0.39 is 0 Å². The summed E-state index contributed by atoms with van der Waals surface area (Å²) in [5.74, 6) is 0.930. The monoisotopic (exact) mass is 308 g/mol. The van der Waals surface area contributed by atoms with E-state index in [9.17, 15) is 4.79 Å². The van der Waals surface area contributed by atoms with Crippen molar-refractivity contribution in [2.75, 3.05) is 33.7 Å². The smallest absolute Gasteiger partial charge is 0.228 e. The molecule has 3 heterocycles. The summed E-state index contributed by atoms with van der Waals surface area (Å²) < 4.78 is 0. The van der Waals surface area contributed by atoms with Crippen molar-refractivity contribution in [3.8, 4) is 0 Å². The fraction of sp³-hybridized carbons (Fsp3) is 0.733. The van der Waals surface area contributed by atoms with Crippen LogP contribution in [-0.2, 0) is 17.8 Å². The van der Waals surface area contributed by atoms with Crippen LogP contribution in [0.3, 0.4) is 0 Å². The third-order valence-electron chi connectivity index (χ3n) is 4.46. The van der Waals surface area contributed by atoms with Crippen molar-refractivity contribution in [3.05, 3.63) is 16.1 Å². The molecular formula is C15H24N4OS. The van der Waals surface area contributed by atoms with Crippen molar-refractivity contribution in [2.45, 2.75) is 31.8 Å². The number of carbonyl (C=O) groups excluding carboxylic acids is 1. The Morgan fingerprint density at radius 3 is 3.14 bits per heavy atom. The van der Waals surface area contributed by atoms with Gasteiger partial charge in [0.25, 0.3) is 0 Å². The zero-order valence-electron chi connectivity index (χ0n) is 12.8. The molecule has 0 aromatic carbocycles. The number of fused-ring (bicyclic) bond motifs is 1. The van der Waals surface area contributed by atoms with E-state index in [1.54, 1.807) is 30.3 Å². The molecule has 2 unspecified atom stereocenters. The standard InChI is InChI=1S/C15H24N4OS/c1-18(2)15(20)6-14-17-12(10-21-14)8-19-7-11-4-3-5-16-13(11)9-19/h10-11,13,16H,3-9H2,1-2H3. The minimum atomic E-state index is 0.118. The first-order valence-electron chi connectivity index (χ1n) is 7.71. The van der Waals surface area contributed by atoms with Crippen LogP contribution in [0.25, 0.3) is 0 Å². The molecule has 2 aliphatic heterocycles. The number of rotatable bonds is 4. The quantitative estimate of drug-likeness (QED) is 0.900. The highest BCUT2D eigenvalue weighted by atomic mass is 32.1. The number of nitrogens with one attached hydrogen (secondary N) is 1. The van der Waals surface area contributed by atoms with E-state index in [1.807, 2.05) is 0 Å². The van der Waals surface area contributed by atoms with Gasteiger partial charge in [-0.1, -0.05) is 0 Å². The van der Waals surface area contributed by atoms with Crippen LogP contribution in [0.4, 0.5) is 0 Å². The first-order chi connectivity index (χ1) is 10.1. The van der Waals surface area contributed by atoms with E-state index in [1.165, 1.54) is 25.9 Å². The molecule has 0 spiro atoms. The van der Waals surface area contributed by atoms with Crippen molar-refractivity contribution in [1.29, 1.82) is 0 Å². The number of carbonyl (C=O) groups is 1. The Morgan fingerprint density at radius 1 is 1.52 bits per heavy atom. The highest BCUT2D eigenvalue weighted by Gasteiger charge is 2.34. The Hall–Kier alpha value is -0.980. The fourth-order valence-electron chi connectivity index (χ4n) is 3.28. The predicted octanol–water partition coefficient (Wildman–Crippen LogP) is 0.958. The normalized spacial score (nSPS) is 25.8. The second-order valence-electron chi connectivity index (χ2n) is 6.35. The number of hydrogen-bond donors (Lipinski definition) is 1. The molecule has 1 aromatic rings. The molecule has 21 heavy (non-hydrogen) atoms. The Kier molecular flexibility index (Phi) is 4.57. The molecule has 1 N–H and O–H groups in total. The maximum atomic E-state index is 11.7. The van der Waals surface area contributed by atoms with Gasteiger partial charge in [-0.15, -0.1) is 11.3 Å². The van der Waals surface area contributed by atoms with Gasteiger partial charge in [-0.2, -0.15) is 0 Å². The van der Waals surface area contributed by atoms with Crippen LogP contribution < -0.4 is 5.32 Å². The van der Waals surface area contributed by atoms with Crippen LogP contribution in [0.5, 0.6) is 0 Å². The third-order valence-corrected chi connectivity index (χ3v) is 5.36. The van der Waals surface area contributed by atoms with Crippen LogP contribution in [0.2, 0.25) is 0 Å². The zero-order chi connectivity index (χ0) is 14.8. The molecule has 6 heteroatoms. The lowest BCUT2D eigenvalue weighted by molar-refractivity contribution is -0.127. The third kappa shape index (κ3) is 3.62. The lowest BCUT2D eigenvalue weighted by Crippen LogP contribution is -2.40. The van der Waals surface area contributed by atoms with Gasteiger partial charge in [-0.25, -0.2) is 4.98 Å². The van der Waals surface area contributed by atoms with E-state index in [2.05, 4.69) is 20.6 Å². The van der Waals surface area contributed by atoms with Crippen LogP contribution in [0, 0.1) is 5.92 Å². The zero-order valence-corrected chi connectivity index (χ0v) is 13.7. The predicted molar refractivity (Wildman–Crippen MR) is 84.3 cm³/mol. The summed E-state index contributed by atoms with van der Waals surface area (Å²) in [6.45, 7) is 4.40. The van der Waals surface area contributed by atoms with Gasteiger partial charge in [0.2, 0.25) is 5.91 Å².